The van der Waals surface area contributed by atoms with Crippen LogP contribution in [0.5, 0.6) is 0 Å². The standard InChI is InChI=1S/C15H19N3/c1-2-11(3-1)15-17-13-7-4-10(8-14(13)18-15)9-16-12-5-6-12/h4,7-8,11-12,16H,1-3,5-6,9H2,(H,17,18). The molecule has 0 bridgehead atoms. The van der Waals surface area contributed by atoms with Gasteiger partial charge in [-0.05, 0) is 43.4 Å². The molecule has 2 aliphatic rings. The quantitative estimate of drug-likeness (QED) is 0.863. The van der Waals surface area contributed by atoms with Crippen molar-refractivity contribution >= 4 is 11.0 Å². The second-order valence-corrected chi connectivity index (χ2v) is 5.76. The van der Waals surface area contributed by atoms with E-state index in [0.29, 0.717) is 5.92 Å². The van der Waals surface area contributed by atoms with Gasteiger partial charge in [0.1, 0.15) is 5.82 Å². The van der Waals surface area contributed by atoms with Gasteiger partial charge in [-0.15, -0.1) is 0 Å². The number of aromatic nitrogens is 2. The van der Waals surface area contributed by atoms with E-state index in [9.17, 15) is 0 Å². The Morgan fingerprint density at radius 2 is 2.11 bits per heavy atom. The van der Waals surface area contributed by atoms with Crippen LogP contribution in [0.3, 0.4) is 0 Å². The van der Waals surface area contributed by atoms with Crippen molar-refractivity contribution in [1.82, 2.24) is 15.3 Å². The molecule has 2 fully saturated rings. The first-order valence-corrected chi connectivity index (χ1v) is 7.10. The Morgan fingerprint density at radius 1 is 1.22 bits per heavy atom. The maximum atomic E-state index is 4.71. The van der Waals surface area contributed by atoms with E-state index in [1.807, 2.05) is 0 Å². The molecule has 2 N–H and O–H groups in total. The van der Waals surface area contributed by atoms with Crippen molar-refractivity contribution in [2.24, 2.45) is 0 Å². The van der Waals surface area contributed by atoms with Crippen LogP contribution in [-0.2, 0) is 6.54 Å². The Kier molecular flexibility index (Phi) is 2.40. The number of hydrogen-bond donors (Lipinski definition) is 2. The first kappa shape index (κ1) is 10.6. The Balaban J connectivity index is 1.57. The van der Waals surface area contributed by atoms with Gasteiger partial charge in [0.05, 0.1) is 11.0 Å². The molecule has 0 saturated heterocycles. The average molecular weight is 241 g/mol. The highest BCUT2D eigenvalue weighted by Crippen LogP contribution is 2.35. The highest BCUT2D eigenvalue weighted by atomic mass is 14.9. The fourth-order valence-electron chi connectivity index (χ4n) is 2.61. The summed E-state index contributed by atoms with van der Waals surface area (Å²) in [4.78, 5) is 8.21. The zero-order valence-electron chi connectivity index (χ0n) is 10.6. The van der Waals surface area contributed by atoms with Gasteiger partial charge >= 0.3 is 0 Å². The van der Waals surface area contributed by atoms with E-state index in [4.69, 9.17) is 4.98 Å². The van der Waals surface area contributed by atoms with Gasteiger partial charge in [0.2, 0.25) is 0 Å². The molecule has 2 aromatic rings. The molecule has 0 amide bonds. The van der Waals surface area contributed by atoms with Crippen LogP contribution in [0.1, 0.15) is 49.4 Å². The zero-order chi connectivity index (χ0) is 11.9. The summed E-state index contributed by atoms with van der Waals surface area (Å²) in [5.41, 5.74) is 3.68. The predicted molar refractivity (Wildman–Crippen MR) is 72.5 cm³/mol. The van der Waals surface area contributed by atoms with E-state index < -0.39 is 0 Å². The lowest BCUT2D eigenvalue weighted by Gasteiger charge is -2.22. The lowest BCUT2D eigenvalue weighted by molar-refractivity contribution is 0.405. The van der Waals surface area contributed by atoms with Crippen LogP contribution in [0.4, 0.5) is 0 Å². The lowest BCUT2D eigenvalue weighted by Crippen LogP contribution is -2.15. The molecule has 1 heterocycles. The number of imidazole rings is 1. The van der Waals surface area contributed by atoms with Crippen LogP contribution in [-0.4, -0.2) is 16.0 Å². The second-order valence-electron chi connectivity index (χ2n) is 5.76. The molecule has 3 heteroatoms. The smallest absolute Gasteiger partial charge is 0.110 e. The molecule has 1 aromatic carbocycles. The largest absolute Gasteiger partial charge is 0.342 e. The van der Waals surface area contributed by atoms with Crippen LogP contribution in [0, 0.1) is 0 Å². The molecule has 2 saturated carbocycles. The summed E-state index contributed by atoms with van der Waals surface area (Å²) in [6.45, 7) is 0.985. The van der Waals surface area contributed by atoms with Gasteiger partial charge in [0, 0.05) is 18.5 Å². The second kappa shape index (κ2) is 4.09. The highest BCUT2D eigenvalue weighted by molar-refractivity contribution is 5.76. The van der Waals surface area contributed by atoms with Crippen molar-refractivity contribution in [3.05, 3.63) is 29.6 Å². The van der Waals surface area contributed by atoms with E-state index in [2.05, 4.69) is 28.5 Å². The minimum atomic E-state index is 0.686. The van der Waals surface area contributed by atoms with E-state index >= 15 is 0 Å². The third kappa shape index (κ3) is 1.93. The number of fused-ring (bicyclic) bond motifs is 1. The summed E-state index contributed by atoms with van der Waals surface area (Å²) >= 11 is 0. The summed E-state index contributed by atoms with van der Waals surface area (Å²) in [5, 5.41) is 3.56. The summed E-state index contributed by atoms with van der Waals surface area (Å²) in [7, 11) is 0. The third-order valence-corrected chi connectivity index (χ3v) is 4.23. The molecule has 1 aromatic heterocycles. The normalized spacial score (nSPS) is 20.2. The molecule has 2 aliphatic carbocycles. The van der Waals surface area contributed by atoms with Gasteiger partial charge < -0.3 is 10.3 Å². The maximum absolute atomic E-state index is 4.71. The maximum Gasteiger partial charge on any atom is 0.110 e. The van der Waals surface area contributed by atoms with Gasteiger partial charge in [-0.2, -0.15) is 0 Å². The van der Waals surface area contributed by atoms with Crippen molar-refractivity contribution < 1.29 is 0 Å². The van der Waals surface area contributed by atoms with Gasteiger partial charge in [-0.25, -0.2) is 4.98 Å². The number of benzene rings is 1. The minimum absolute atomic E-state index is 0.686. The lowest BCUT2D eigenvalue weighted by atomic mass is 9.85. The monoisotopic (exact) mass is 241 g/mol. The number of nitrogens with zero attached hydrogens (tertiary/aromatic N) is 1. The van der Waals surface area contributed by atoms with E-state index in [0.717, 1.165) is 18.1 Å². The fraction of sp³-hybridized carbons (Fsp3) is 0.533. The number of aromatic amines is 1. The fourth-order valence-corrected chi connectivity index (χ4v) is 2.61. The number of hydrogen-bond acceptors (Lipinski definition) is 2. The molecule has 0 atom stereocenters. The van der Waals surface area contributed by atoms with Crippen LogP contribution in [0.2, 0.25) is 0 Å². The molecule has 18 heavy (non-hydrogen) atoms. The van der Waals surface area contributed by atoms with Gasteiger partial charge in [-0.1, -0.05) is 12.5 Å². The number of H-pyrrole nitrogens is 1. The molecule has 4 rings (SSSR count). The Hall–Kier alpha value is -1.35. The van der Waals surface area contributed by atoms with Crippen molar-refractivity contribution in [2.45, 2.75) is 50.6 Å². The summed E-state index contributed by atoms with van der Waals surface area (Å²) in [6.07, 6.45) is 6.65. The highest BCUT2D eigenvalue weighted by Gasteiger charge is 2.23. The Labute approximate surface area is 107 Å². The van der Waals surface area contributed by atoms with Crippen LogP contribution < -0.4 is 5.32 Å². The minimum Gasteiger partial charge on any atom is -0.342 e. The molecule has 0 spiro atoms. The predicted octanol–water partition coefficient (Wildman–Crippen LogP) is 3.08. The molecule has 3 nitrogen and oxygen atoms in total. The molecule has 0 radical (unpaired) electrons. The summed E-state index contributed by atoms with van der Waals surface area (Å²) in [5.74, 6) is 1.88. The van der Waals surface area contributed by atoms with Crippen molar-refractivity contribution in [1.29, 1.82) is 0 Å². The van der Waals surface area contributed by atoms with Crippen LogP contribution >= 0.6 is 0 Å². The third-order valence-electron chi connectivity index (χ3n) is 4.23. The average Bonchev–Trinajstić information content (AvgIpc) is 3.04. The van der Waals surface area contributed by atoms with Gasteiger partial charge in [0.25, 0.3) is 0 Å². The zero-order valence-corrected chi connectivity index (χ0v) is 10.6. The molecular weight excluding hydrogens is 222 g/mol. The first-order chi connectivity index (χ1) is 8.88. The molecule has 0 unspecified atom stereocenters. The van der Waals surface area contributed by atoms with E-state index in [1.165, 1.54) is 49.0 Å². The van der Waals surface area contributed by atoms with Crippen molar-refractivity contribution in [2.75, 3.05) is 0 Å². The van der Waals surface area contributed by atoms with E-state index in [-0.39, 0.29) is 0 Å². The Bertz CT molecular complexity index is 564. The topological polar surface area (TPSA) is 40.7 Å². The van der Waals surface area contributed by atoms with Gasteiger partial charge in [-0.3, -0.25) is 0 Å². The van der Waals surface area contributed by atoms with E-state index in [1.54, 1.807) is 0 Å². The summed E-state index contributed by atoms with van der Waals surface area (Å²) in [6, 6.07) is 7.37. The Morgan fingerprint density at radius 3 is 2.83 bits per heavy atom. The number of rotatable bonds is 4. The number of nitrogens with one attached hydrogen (secondary N) is 2. The van der Waals surface area contributed by atoms with Crippen LogP contribution in [0.15, 0.2) is 18.2 Å². The SMILES string of the molecule is c1cc2nc(C3CCC3)[nH]c2cc1CNC1CC1. The first-order valence-electron chi connectivity index (χ1n) is 7.10. The molecular formula is C15H19N3. The summed E-state index contributed by atoms with van der Waals surface area (Å²) < 4.78 is 0. The molecule has 0 aliphatic heterocycles. The van der Waals surface area contributed by atoms with Crippen LogP contribution in [0.25, 0.3) is 11.0 Å². The molecule has 94 valence electrons. The van der Waals surface area contributed by atoms with Crippen molar-refractivity contribution in [3.63, 3.8) is 0 Å². The van der Waals surface area contributed by atoms with Crippen molar-refractivity contribution in [3.8, 4) is 0 Å². The van der Waals surface area contributed by atoms with Gasteiger partial charge in [0.15, 0.2) is 0 Å².